The first-order valence-corrected chi connectivity index (χ1v) is 7.25. The molecule has 0 aliphatic rings. The molecular weight excluding hydrogens is 264 g/mol. The average Bonchev–Trinajstić information content (AvgIpc) is 2.45. The van der Waals surface area contributed by atoms with E-state index in [9.17, 15) is 0 Å². The van der Waals surface area contributed by atoms with E-state index in [-0.39, 0.29) is 0 Å². The van der Waals surface area contributed by atoms with Crippen molar-refractivity contribution in [2.45, 2.75) is 16.5 Å². The van der Waals surface area contributed by atoms with Crippen LogP contribution in [0.25, 0.3) is 0 Å². The van der Waals surface area contributed by atoms with Gasteiger partial charge in [0, 0.05) is 11.6 Å². The number of halogens is 1. The number of hydrogen-bond acceptors (Lipinski definition) is 2. The number of ether oxygens (including phenoxy) is 1. The van der Waals surface area contributed by atoms with E-state index in [0.29, 0.717) is 5.88 Å². The fraction of sp³-hybridized carbons (Fsp3) is 0.200. The molecule has 0 bridgehead atoms. The molecule has 94 valence electrons. The first kappa shape index (κ1) is 13.3. The third-order valence-electron chi connectivity index (χ3n) is 2.65. The van der Waals surface area contributed by atoms with Gasteiger partial charge in [0.1, 0.15) is 5.75 Å². The van der Waals surface area contributed by atoms with E-state index in [1.807, 2.05) is 24.3 Å². The van der Waals surface area contributed by atoms with Crippen molar-refractivity contribution >= 4 is 23.4 Å². The van der Waals surface area contributed by atoms with E-state index >= 15 is 0 Å². The molecule has 2 aromatic carbocycles. The van der Waals surface area contributed by atoms with Gasteiger partial charge in [0.25, 0.3) is 0 Å². The Balaban J connectivity index is 2.17. The van der Waals surface area contributed by atoms with Gasteiger partial charge in [-0.05, 0) is 17.2 Å². The van der Waals surface area contributed by atoms with Crippen LogP contribution in [0.1, 0.15) is 11.1 Å². The van der Waals surface area contributed by atoms with E-state index in [4.69, 9.17) is 16.3 Å². The number of alkyl halides is 1. The molecule has 0 amide bonds. The zero-order valence-electron chi connectivity index (χ0n) is 10.2. The summed E-state index contributed by atoms with van der Waals surface area (Å²) < 4.78 is 5.40. The van der Waals surface area contributed by atoms with Gasteiger partial charge in [-0.3, -0.25) is 0 Å². The van der Waals surface area contributed by atoms with E-state index < -0.39 is 0 Å². The molecule has 2 aromatic rings. The minimum atomic E-state index is 0.508. The van der Waals surface area contributed by atoms with Crippen molar-refractivity contribution in [3.05, 3.63) is 59.7 Å². The van der Waals surface area contributed by atoms with Gasteiger partial charge in [0.05, 0.1) is 12.0 Å². The third-order valence-corrected chi connectivity index (χ3v) is 4.17. The summed E-state index contributed by atoms with van der Waals surface area (Å²) in [7, 11) is 1.69. The van der Waals surface area contributed by atoms with Crippen LogP contribution in [0.4, 0.5) is 0 Å². The molecule has 0 radical (unpaired) electrons. The highest BCUT2D eigenvalue weighted by Gasteiger charge is 2.09. The van der Waals surface area contributed by atoms with Crippen LogP contribution in [-0.2, 0) is 11.6 Å². The lowest BCUT2D eigenvalue weighted by Crippen LogP contribution is -1.91. The second-order valence-electron chi connectivity index (χ2n) is 3.86. The number of hydrogen-bond donors (Lipinski definition) is 0. The minimum absolute atomic E-state index is 0.508. The summed E-state index contributed by atoms with van der Waals surface area (Å²) in [5.74, 6) is 2.33. The van der Waals surface area contributed by atoms with Crippen molar-refractivity contribution in [3.8, 4) is 5.75 Å². The molecule has 0 saturated heterocycles. The lowest BCUT2D eigenvalue weighted by atomic mass is 10.2. The fourth-order valence-electron chi connectivity index (χ4n) is 1.72. The van der Waals surface area contributed by atoms with Crippen molar-refractivity contribution in [2.75, 3.05) is 7.11 Å². The van der Waals surface area contributed by atoms with E-state index in [2.05, 4.69) is 24.3 Å². The van der Waals surface area contributed by atoms with E-state index in [0.717, 1.165) is 22.0 Å². The Morgan fingerprint density at radius 3 is 2.50 bits per heavy atom. The van der Waals surface area contributed by atoms with Gasteiger partial charge in [0.15, 0.2) is 0 Å². The molecule has 0 heterocycles. The van der Waals surface area contributed by atoms with Gasteiger partial charge >= 0.3 is 0 Å². The second-order valence-corrected chi connectivity index (χ2v) is 5.11. The predicted molar refractivity (Wildman–Crippen MR) is 78.6 cm³/mol. The Labute approximate surface area is 117 Å². The topological polar surface area (TPSA) is 9.23 Å². The second kappa shape index (κ2) is 6.72. The maximum Gasteiger partial charge on any atom is 0.132 e. The molecule has 0 spiro atoms. The summed E-state index contributed by atoms with van der Waals surface area (Å²) in [5, 5.41) is 0. The summed E-state index contributed by atoms with van der Waals surface area (Å²) in [6.07, 6.45) is 0. The number of methoxy groups -OCH3 is 1. The molecule has 0 fully saturated rings. The SMILES string of the molecule is COc1cccc(CCl)c1SCc1ccccc1. The number of benzene rings is 2. The predicted octanol–water partition coefficient (Wildman–Crippen LogP) is 4.73. The molecule has 0 atom stereocenters. The number of rotatable bonds is 5. The highest BCUT2D eigenvalue weighted by molar-refractivity contribution is 7.98. The lowest BCUT2D eigenvalue weighted by Gasteiger charge is -2.11. The van der Waals surface area contributed by atoms with Crippen LogP contribution in [-0.4, -0.2) is 7.11 Å². The molecule has 2 rings (SSSR count). The third kappa shape index (κ3) is 3.21. The van der Waals surface area contributed by atoms with Crippen LogP contribution in [0, 0.1) is 0 Å². The smallest absolute Gasteiger partial charge is 0.132 e. The largest absolute Gasteiger partial charge is 0.496 e. The van der Waals surface area contributed by atoms with Gasteiger partial charge < -0.3 is 4.74 Å². The monoisotopic (exact) mass is 278 g/mol. The van der Waals surface area contributed by atoms with Crippen molar-refractivity contribution in [3.63, 3.8) is 0 Å². The van der Waals surface area contributed by atoms with Gasteiger partial charge in [-0.1, -0.05) is 42.5 Å². The van der Waals surface area contributed by atoms with Crippen LogP contribution in [0.3, 0.4) is 0 Å². The Kier molecular flexibility index (Phi) is 4.97. The average molecular weight is 279 g/mol. The van der Waals surface area contributed by atoms with Crippen LogP contribution >= 0.6 is 23.4 Å². The standard InChI is InChI=1S/C15H15ClOS/c1-17-14-9-5-8-13(10-16)15(14)18-11-12-6-3-2-4-7-12/h2-9H,10-11H2,1H3. The van der Waals surface area contributed by atoms with E-state index in [1.54, 1.807) is 18.9 Å². The fourth-order valence-corrected chi connectivity index (χ4v) is 3.15. The van der Waals surface area contributed by atoms with Crippen LogP contribution < -0.4 is 4.74 Å². The highest BCUT2D eigenvalue weighted by atomic mass is 35.5. The van der Waals surface area contributed by atoms with E-state index in [1.165, 1.54) is 5.56 Å². The normalized spacial score (nSPS) is 10.3. The Morgan fingerprint density at radius 2 is 1.83 bits per heavy atom. The summed E-state index contributed by atoms with van der Waals surface area (Å²) in [4.78, 5) is 1.14. The number of thioether (sulfide) groups is 1. The Morgan fingerprint density at radius 1 is 1.06 bits per heavy atom. The highest BCUT2D eigenvalue weighted by Crippen LogP contribution is 2.35. The summed E-state index contributed by atoms with van der Waals surface area (Å²) >= 11 is 7.74. The van der Waals surface area contributed by atoms with Crippen molar-refractivity contribution in [2.24, 2.45) is 0 Å². The van der Waals surface area contributed by atoms with Gasteiger partial charge in [-0.2, -0.15) is 0 Å². The van der Waals surface area contributed by atoms with Crippen molar-refractivity contribution < 1.29 is 4.74 Å². The molecule has 18 heavy (non-hydrogen) atoms. The zero-order chi connectivity index (χ0) is 12.8. The molecule has 0 aliphatic heterocycles. The Bertz CT molecular complexity index is 477. The zero-order valence-corrected chi connectivity index (χ0v) is 11.8. The molecule has 0 aromatic heterocycles. The van der Waals surface area contributed by atoms with Gasteiger partial charge in [-0.25, -0.2) is 0 Å². The first-order valence-electron chi connectivity index (χ1n) is 5.73. The molecule has 3 heteroatoms. The molecule has 0 unspecified atom stereocenters. The first-order chi connectivity index (χ1) is 8.85. The van der Waals surface area contributed by atoms with Crippen LogP contribution in [0.2, 0.25) is 0 Å². The van der Waals surface area contributed by atoms with Crippen LogP contribution in [0.15, 0.2) is 53.4 Å². The molecule has 0 N–H and O–H groups in total. The maximum atomic E-state index is 5.97. The summed E-state index contributed by atoms with van der Waals surface area (Å²) in [5.41, 5.74) is 2.42. The molecule has 0 aliphatic carbocycles. The quantitative estimate of drug-likeness (QED) is 0.578. The summed E-state index contributed by atoms with van der Waals surface area (Å²) in [6, 6.07) is 16.4. The van der Waals surface area contributed by atoms with Gasteiger partial charge in [0.2, 0.25) is 0 Å². The molecule has 1 nitrogen and oxygen atoms in total. The van der Waals surface area contributed by atoms with Gasteiger partial charge in [-0.15, -0.1) is 23.4 Å². The van der Waals surface area contributed by atoms with Crippen molar-refractivity contribution in [1.29, 1.82) is 0 Å². The minimum Gasteiger partial charge on any atom is -0.496 e. The summed E-state index contributed by atoms with van der Waals surface area (Å²) in [6.45, 7) is 0. The van der Waals surface area contributed by atoms with Crippen molar-refractivity contribution in [1.82, 2.24) is 0 Å². The maximum absolute atomic E-state index is 5.97. The Hall–Kier alpha value is -1.12. The molecule has 0 saturated carbocycles. The van der Waals surface area contributed by atoms with Crippen LogP contribution in [0.5, 0.6) is 5.75 Å². The lowest BCUT2D eigenvalue weighted by molar-refractivity contribution is 0.404. The molecular formula is C15H15ClOS.